The highest BCUT2D eigenvalue weighted by atomic mass is 19.1. The lowest BCUT2D eigenvalue weighted by Gasteiger charge is -2.05. The van der Waals surface area contributed by atoms with Crippen molar-refractivity contribution < 1.29 is 4.39 Å². The molecule has 0 saturated carbocycles. The summed E-state index contributed by atoms with van der Waals surface area (Å²) >= 11 is 0. The maximum absolute atomic E-state index is 12.8. The average Bonchev–Trinajstić information content (AvgIpc) is 2.37. The minimum atomic E-state index is -0.201. The van der Waals surface area contributed by atoms with Crippen LogP contribution >= 0.6 is 0 Å². The van der Waals surface area contributed by atoms with Crippen molar-refractivity contribution in [2.75, 3.05) is 6.54 Å². The van der Waals surface area contributed by atoms with Crippen LogP contribution in [0.3, 0.4) is 0 Å². The van der Waals surface area contributed by atoms with E-state index in [2.05, 4.69) is 12.1 Å². The topological polar surface area (TPSA) is 26.0 Å². The number of aryl methyl sites for hydroxylation is 1. The molecule has 2 rings (SSSR count). The van der Waals surface area contributed by atoms with Crippen molar-refractivity contribution in [2.45, 2.75) is 12.8 Å². The first kappa shape index (κ1) is 11.8. The fourth-order valence-electron chi connectivity index (χ4n) is 1.85. The summed E-state index contributed by atoms with van der Waals surface area (Å²) in [6.45, 7) is 0.709. The van der Waals surface area contributed by atoms with E-state index in [0.717, 1.165) is 24.0 Å². The SMILES string of the molecule is NCCCc1cccc(-c2ccc(F)cc2)c1. The van der Waals surface area contributed by atoms with Crippen molar-refractivity contribution in [1.29, 1.82) is 0 Å². The van der Waals surface area contributed by atoms with E-state index in [1.165, 1.54) is 17.7 Å². The maximum Gasteiger partial charge on any atom is 0.123 e. The molecule has 2 heteroatoms. The molecule has 0 aliphatic heterocycles. The molecule has 0 spiro atoms. The van der Waals surface area contributed by atoms with E-state index in [9.17, 15) is 4.39 Å². The van der Waals surface area contributed by atoms with Gasteiger partial charge < -0.3 is 5.73 Å². The lowest BCUT2D eigenvalue weighted by atomic mass is 10.0. The molecule has 0 bridgehead atoms. The number of rotatable bonds is 4. The van der Waals surface area contributed by atoms with Crippen LogP contribution in [0.15, 0.2) is 48.5 Å². The summed E-state index contributed by atoms with van der Waals surface area (Å²) in [5.74, 6) is -0.201. The second-order valence-corrected chi connectivity index (χ2v) is 4.10. The minimum Gasteiger partial charge on any atom is -0.330 e. The van der Waals surface area contributed by atoms with Gasteiger partial charge in [0.2, 0.25) is 0 Å². The molecule has 0 aromatic heterocycles. The van der Waals surface area contributed by atoms with Crippen LogP contribution in [-0.2, 0) is 6.42 Å². The molecule has 0 radical (unpaired) electrons. The molecule has 2 N–H and O–H groups in total. The molecule has 0 unspecified atom stereocenters. The van der Waals surface area contributed by atoms with Crippen LogP contribution in [0, 0.1) is 5.82 Å². The summed E-state index contributed by atoms with van der Waals surface area (Å²) in [6, 6.07) is 14.9. The number of hydrogen-bond donors (Lipinski definition) is 1. The third-order valence-corrected chi connectivity index (χ3v) is 2.77. The van der Waals surface area contributed by atoms with Crippen LogP contribution in [0.25, 0.3) is 11.1 Å². The molecule has 17 heavy (non-hydrogen) atoms. The quantitative estimate of drug-likeness (QED) is 0.854. The number of hydrogen-bond acceptors (Lipinski definition) is 1. The second kappa shape index (κ2) is 5.60. The zero-order valence-corrected chi connectivity index (χ0v) is 9.70. The smallest absolute Gasteiger partial charge is 0.123 e. The molecule has 0 amide bonds. The molecule has 2 aromatic carbocycles. The van der Waals surface area contributed by atoms with Crippen LogP contribution in [-0.4, -0.2) is 6.54 Å². The molecule has 0 fully saturated rings. The van der Waals surface area contributed by atoms with Gasteiger partial charge in [0.15, 0.2) is 0 Å². The van der Waals surface area contributed by atoms with Crippen LogP contribution < -0.4 is 5.73 Å². The minimum absolute atomic E-state index is 0.201. The second-order valence-electron chi connectivity index (χ2n) is 4.10. The lowest BCUT2D eigenvalue weighted by Crippen LogP contribution is -2.00. The first-order valence-electron chi connectivity index (χ1n) is 5.84. The van der Waals surface area contributed by atoms with Gasteiger partial charge in [0.25, 0.3) is 0 Å². The Morgan fingerprint density at radius 3 is 2.41 bits per heavy atom. The molecule has 0 heterocycles. The van der Waals surface area contributed by atoms with Crippen molar-refractivity contribution in [2.24, 2.45) is 5.73 Å². The number of halogens is 1. The van der Waals surface area contributed by atoms with Crippen molar-refractivity contribution in [3.8, 4) is 11.1 Å². The molecule has 88 valence electrons. The summed E-state index contributed by atoms with van der Waals surface area (Å²) in [7, 11) is 0. The van der Waals surface area contributed by atoms with Crippen molar-refractivity contribution in [1.82, 2.24) is 0 Å². The van der Waals surface area contributed by atoms with Gasteiger partial charge in [-0.3, -0.25) is 0 Å². The highest BCUT2D eigenvalue weighted by molar-refractivity contribution is 5.64. The zero-order chi connectivity index (χ0) is 12.1. The van der Waals surface area contributed by atoms with Crippen molar-refractivity contribution in [3.05, 3.63) is 59.9 Å². The normalized spacial score (nSPS) is 10.5. The van der Waals surface area contributed by atoms with Gasteiger partial charge in [-0.05, 0) is 48.2 Å². The van der Waals surface area contributed by atoms with E-state index >= 15 is 0 Å². The fraction of sp³-hybridized carbons (Fsp3) is 0.200. The Morgan fingerprint density at radius 1 is 0.941 bits per heavy atom. The van der Waals surface area contributed by atoms with E-state index < -0.39 is 0 Å². The van der Waals surface area contributed by atoms with E-state index in [-0.39, 0.29) is 5.82 Å². The summed E-state index contributed by atoms with van der Waals surface area (Å²) in [4.78, 5) is 0. The lowest BCUT2D eigenvalue weighted by molar-refractivity contribution is 0.628. The first-order chi connectivity index (χ1) is 8.29. The molecule has 0 atom stereocenters. The monoisotopic (exact) mass is 229 g/mol. The zero-order valence-electron chi connectivity index (χ0n) is 9.70. The van der Waals surface area contributed by atoms with Crippen LogP contribution in [0.5, 0.6) is 0 Å². The molecule has 2 aromatic rings. The van der Waals surface area contributed by atoms with Gasteiger partial charge in [-0.25, -0.2) is 4.39 Å². The largest absolute Gasteiger partial charge is 0.330 e. The molecule has 0 saturated heterocycles. The Morgan fingerprint density at radius 2 is 1.71 bits per heavy atom. The predicted octanol–water partition coefficient (Wildman–Crippen LogP) is 3.38. The van der Waals surface area contributed by atoms with E-state index in [4.69, 9.17) is 5.73 Å². The summed E-state index contributed by atoms with van der Waals surface area (Å²) < 4.78 is 12.8. The Balaban J connectivity index is 2.23. The van der Waals surface area contributed by atoms with Crippen LogP contribution in [0.4, 0.5) is 4.39 Å². The Kier molecular flexibility index (Phi) is 3.89. The van der Waals surface area contributed by atoms with E-state index in [1.54, 1.807) is 12.1 Å². The molecule has 0 aliphatic carbocycles. The Hall–Kier alpha value is -1.67. The van der Waals surface area contributed by atoms with Crippen molar-refractivity contribution in [3.63, 3.8) is 0 Å². The van der Waals surface area contributed by atoms with Crippen molar-refractivity contribution >= 4 is 0 Å². The molecule has 0 aliphatic rings. The predicted molar refractivity (Wildman–Crippen MR) is 69.2 cm³/mol. The van der Waals surface area contributed by atoms with Crippen LogP contribution in [0.2, 0.25) is 0 Å². The third-order valence-electron chi connectivity index (χ3n) is 2.77. The average molecular weight is 229 g/mol. The van der Waals surface area contributed by atoms with Gasteiger partial charge in [0.1, 0.15) is 5.82 Å². The van der Waals surface area contributed by atoms with E-state index in [0.29, 0.717) is 6.54 Å². The summed E-state index contributed by atoms with van der Waals surface area (Å²) in [5, 5.41) is 0. The molecular weight excluding hydrogens is 213 g/mol. The van der Waals surface area contributed by atoms with E-state index in [1.807, 2.05) is 12.1 Å². The Labute approximate surface area is 101 Å². The van der Waals surface area contributed by atoms with Crippen LogP contribution in [0.1, 0.15) is 12.0 Å². The van der Waals surface area contributed by atoms with Gasteiger partial charge in [0.05, 0.1) is 0 Å². The molecule has 1 nitrogen and oxygen atoms in total. The fourth-order valence-corrected chi connectivity index (χ4v) is 1.85. The first-order valence-corrected chi connectivity index (χ1v) is 5.84. The van der Waals surface area contributed by atoms with Gasteiger partial charge in [-0.1, -0.05) is 36.4 Å². The molecular formula is C15H16FN. The Bertz CT molecular complexity index is 477. The van der Waals surface area contributed by atoms with Gasteiger partial charge in [-0.2, -0.15) is 0 Å². The van der Waals surface area contributed by atoms with Gasteiger partial charge in [-0.15, -0.1) is 0 Å². The highest BCUT2D eigenvalue weighted by Gasteiger charge is 1.99. The third kappa shape index (κ3) is 3.14. The summed E-state index contributed by atoms with van der Waals surface area (Å²) in [6.07, 6.45) is 1.98. The number of benzene rings is 2. The van der Waals surface area contributed by atoms with Gasteiger partial charge >= 0.3 is 0 Å². The van der Waals surface area contributed by atoms with Gasteiger partial charge in [0, 0.05) is 0 Å². The highest BCUT2D eigenvalue weighted by Crippen LogP contribution is 2.21. The standard InChI is InChI=1S/C15H16FN/c16-15-8-6-13(7-9-15)14-5-1-3-12(11-14)4-2-10-17/h1,3,5-9,11H,2,4,10,17H2. The number of nitrogens with two attached hydrogens (primary N) is 1. The maximum atomic E-state index is 12.8. The summed E-state index contributed by atoms with van der Waals surface area (Å²) in [5.41, 5.74) is 8.94.